The molecule has 2 aliphatic rings. The maximum atomic E-state index is 12.5. The van der Waals surface area contributed by atoms with Gasteiger partial charge >= 0.3 is 0 Å². The zero-order valence-corrected chi connectivity index (χ0v) is 10.6. The molecular formula is C13H24N2O. The van der Waals surface area contributed by atoms with Gasteiger partial charge in [0.1, 0.15) is 0 Å². The molecule has 1 amide bonds. The van der Waals surface area contributed by atoms with E-state index in [-0.39, 0.29) is 5.54 Å². The molecule has 1 saturated heterocycles. The molecule has 0 radical (unpaired) electrons. The standard InChI is InChI=1S/C13H24N2O/c1-13(9-5-6-10-14-13)12(16)15(2)11-7-3-4-8-11/h11,14H,3-10H2,1-2H3. The first-order chi connectivity index (χ1) is 7.63. The van der Waals surface area contributed by atoms with E-state index >= 15 is 0 Å². The van der Waals surface area contributed by atoms with Gasteiger partial charge in [0.15, 0.2) is 0 Å². The van der Waals surface area contributed by atoms with Crippen LogP contribution in [-0.2, 0) is 4.79 Å². The Labute approximate surface area is 98.6 Å². The minimum atomic E-state index is -0.296. The van der Waals surface area contributed by atoms with Crippen LogP contribution in [0, 0.1) is 0 Å². The number of likely N-dealkylation sites (N-methyl/N-ethyl adjacent to an activating group) is 1. The van der Waals surface area contributed by atoms with Crippen molar-refractivity contribution in [1.82, 2.24) is 10.2 Å². The molecule has 2 rings (SSSR count). The SMILES string of the molecule is CN(C(=O)C1(C)CCCCN1)C1CCCC1. The van der Waals surface area contributed by atoms with E-state index in [9.17, 15) is 4.79 Å². The Morgan fingerprint density at radius 3 is 2.50 bits per heavy atom. The number of rotatable bonds is 2. The normalized spacial score (nSPS) is 31.6. The summed E-state index contributed by atoms with van der Waals surface area (Å²) in [6.07, 6.45) is 8.32. The average molecular weight is 224 g/mol. The number of piperidine rings is 1. The van der Waals surface area contributed by atoms with Crippen molar-refractivity contribution in [3.63, 3.8) is 0 Å². The fourth-order valence-corrected chi connectivity index (χ4v) is 3.09. The van der Waals surface area contributed by atoms with E-state index < -0.39 is 0 Å². The molecule has 0 aromatic carbocycles. The molecule has 0 aromatic heterocycles. The summed E-state index contributed by atoms with van der Waals surface area (Å²) in [5.41, 5.74) is -0.296. The van der Waals surface area contributed by atoms with Crippen molar-refractivity contribution in [3.05, 3.63) is 0 Å². The zero-order chi connectivity index (χ0) is 11.6. The predicted octanol–water partition coefficient (Wildman–Crippen LogP) is 1.92. The van der Waals surface area contributed by atoms with Crippen molar-refractivity contribution >= 4 is 5.91 Å². The summed E-state index contributed by atoms with van der Waals surface area (Å²) in [6, 6.07) is 0.494. The van der Waals surface area contributed by atoms with E-state index in [4.69, 9.17) is 0 Å². The van der Waals surface area contributed by atoms with Crippen LogP contribution in [0.2, 0.25) is 0 Å². The molecule has 0 aromatic rings. The van der Waals surface area contributed by atoms with Crippen LogP contribution in [0.15, 0.2) is 0 Å². The van der Waals surface area contributed by atoms with Crippen molar-refractivity contribution in [2.24, 2.45) is 0 Å². The lowest BCUT2D eigenvalue weighted by Gasteiger charge is -2.38. The molecule has 1 N–H and O–H groups in total. The molecule has 1 heterocycles. The maximum absolute atomic E-state index is 12.5. The average Bonchev–Trinajstić information content (AvgIpc) is 2.81. The number of nitrogens with one attached hydrogen (secondary N) is 1. The van der Waals surface area contributed by atoms with Crippen LogP contribution in [0.4, 0.5) is 0 Å². The van der Waals surface area contributed by atoms with Crippen LogP contribution in [0.1, 0.15) is 51.9 Å². The lowest BCUT2D eigenvalue weighted by Crippen LogP contribution is -2.58. The smallest absolute Gasteiger partial charge is 0.242 e. The predicted molar refractivity (Wildman–Crippen MR) is 65.3 cm³/mol. The summed E-state index contributed by atoms with van der Waals surface area (Å²) in [6.45, 7) is 3.06. The second-order valence-corrected chi connectivity index (χ2v) is 5.57. The number of hydrogen-bond donors (Lipinski definition) is 1. The third-order valence-corrected chi connectivity index (χ3v) is 4.28. The highest BCUT2D eigenvalue weighted by Crippen LogP contribution is 2.27. The van der Waals surface area contributed by atoms with Gasteiger partial charge in [-0.15, -0.1) is 0 Å². The third-order valence-electron chi connectivity index (χ3n) is 4.28. The Morgan fingerprint density at radius 2 is 1.94 bits per heavy atom. The number of carbonyl (C=O) groups excluding carboxylic acids is 1. The molecule has 0 spiro atoms. The second-order valence-electron chi connectivity index (χ2n) is 5.57. The first-order valence-electron chi connectivity index (χ1n) is 6.66. The molecule has 3 heteroatoms. The Hall–Kier alpha value is -0.570. The highest BCUT2D eigenvalue weighted by molar-refractivity contribution is 5.86. The van der Waals surface area contributed by atoms with Gasteiger partial charge in [-0.2, -0.15) is 0 Å². The molecular weight excluding hydrogens is 200 g/mol. The van der Waals surface area contributed by atoms with Gasteiger partial charge < -0.3 is 10.2 Å². The van der Waals surface area contributed by atoms with Gasteiger partial charge in [-0.25, -0.2) is 0 Å². The van der Waals surface area contributed by atoms with Gasteiger partial charge in [-0.05, 0) is 45.6 Å². The Balaban J connectivity index is 1.99. The monoisotopic (exact) mass is 224 g/mol. The molecule has 16 heavy (non-hydrogen) atoms. The molecule has 1 aliphatic heterocycles. The highest BCUT2D eigenvalue weighted by atomic mass is 16.2. The molecule has 3 nitrogen and oxygen atoms in total. The Morgan fingerprint density at radius 1 is 1.25 bits per heavy atom. The van der Waals surface area contributed by atoms with E-state index in [2.05, 4.69) is 12.2 Å². The van der Waals surface area contributed by atoms with Crippen LogP contribution >= 0.6 is 0 Å². The first kappa shape index (κ1) is 11.9. The van der Waals surface area contributed by atoms with Gasteiger partial charge in [-0.3, -0.25) is 4.79 Å². The maximum Gasteiger partial charge on any atom is 0.242 e. The minimum Gasteiger partial charge on any atom is -0.341 e. The van der Waals surface area contributed by atoms with Crippen LogP contribution in [0.25, 0.3) is 0 Å². The van der Waals surface area contributed by atoms with Gasteiger partial charge in [-0.1, -0.05) is 12.8 Å². The van der Waals surface area contributed by atoms with Crippen molar-refractivity contribution in [3.8, 4) is 0 Å². The van der Waals surface area contributed by atoms with Crippen LogP contribution in [0.3, 0.4) is 0 Å². The Kier molecular flexibility index (Phi) is 3.53. The van der Waals surface area contributed by atoms with E-state index in [0.29, 0.717) is 11.9 Å². The summed E-state index contributed by atoms with van der Waals surface area (Å²) < 4.78 is 0. The second kappa shape index (κ2) is 4.74. The fourth-order valence-electron chi connectivity index (χ4n) is 3.09. The lowest BCUT2D eigenvalue weighted by molar-refractivity contribution is -0.139. The van der Waals surface area contributed by atoms with Crippen molar-refractivity contribution in [1.29, 1.82) is 0 Å². The van der Waals surface area contributed by atoms with Gasteiger partial charge in [0.05, 0.1) is 5.54 Å². The largest absolute Gasteiger partial charge is 0.341 e. The molecule has 2 fully saturated rings. The van der Waals surface area contributed by atoms with Crippen LogP contribution < -0.4 is 5.32 Å². The Bertz CT molecular complexity index is 253. The summed E-state index contributed by atoms with van der Waals surface area (Å²) in [5.74, 6) is 0.305. The van der Waals surface area contributed by atoms with E-state index in [1.165, 1.54) is 38.5 Å². The van der Waals surface area contributed by atoms with Crippen molar-refractivity contribution in [2.45, 2.75) is 63.5 Å². The van der Waals surface area contributed by atoms with E-state index in [0.717, 1.165) is 13.0 Å². The van der Waals surface area contributed by atoms with E-state index in [1.807, 2.05) is 11.9 Å². The molecule has 92 valence electrons. The van der Waals surface area contributed by atoms with E-state index in [1.54, 1.807) is 0 Å². The molecule has 0 bridgehead atoms. The number of amides is 1. The molecule has 1 saturated carbocycles. The molecule has 1 atom stereocenters. The zero-order valence-electron chi connectivity index (χ0n) is 10.6. The quantitative estimate of drug-likeness (QED) is 0.777. The minimum absolute atomic E-state index is 0.296. The summed E-state index contributed by atoms with van der Waals surface area (Å²) >= 11 is 0. The van der Waals surface area contributed by atoms with Gasteiger partial charge in [0.2, 0.25) is 5.91 Å². The first-order valence-corrected chi connectivity index (χ1v) is 6.66. The summed E-state index contributed by atoms with van der Waals surface area (Å²) in [7, 11) is 1.99. The van der Waals surface area contributed by atoms with Crippen LogP contribution in [0.5, 0.6) is 0 Å². The lowest BCUT2D eigenvalue weighted by atomic mass is 9.89. The fraction of sp³-hybridized carbons (Fsp3) is 0.923. The summed E-state index contributed by atoms with van der Waals surface area (Å²) in [4.78, 5) is 14.5. The summed E-state index contributed by atoms with van der Waals surface area (Å²) in [5, 5.41) is 3.41. The third kappa shape index (κ3) is 2.24. The number of carbonyl (C=O) groups is 1. The topological polar surface area (TPSA) is 32.3 Å². The van der Waals surface area contributed by atoms with Crippen molar-refractivity contribution in [2.75, 3.05) is 13.6 Å². The number of hydrogen-bond acceptors (Lipinski definition) is 2. The highest BCUT2D eigenvalue weighted by Gasteiger charge is 2.38. The van der Waals surface area contributed by atoms with Crippen LogP contribution in [-0.4, -0.2) is 36.0 Å². The van der Waals surface area contributed by atoms with Crippen molar-refractivity contribution < 1.29 is 4.79 Å². The molecule has 1 aliphatic carbocycles. The van der Waals surface area contributed by atoms with Gasteiger partial charge in [0.25, 0.3) is 0 Å². The molecule has 1 unspecified atom stereocenters. The number of nitrogens with zero attached hydrogens (tertiary/aromatic N) is 1. The van der Waals surface area contributed by atoms with Gasteiger partial charge in [0, 0.05) is 13.1 Å².